The number of carbonyl (C=O) groups is 1. The van der Waals surface area contributed by atoms with Crippen molar-refractivity contribution in [2.75, 3.05) is 7.11 Å². The topological polar surface area (TPSA) is 48.4 Å². The van der Waals surface area contributed by atoms with Gasteiger partial charge in [0.15, 0.2) is 0 Å². The maximum atomic E-state index is 13.8. The van der Waals surface area contributed by atoms with Crippen molar-refractivity contribution >= 4 is 5.97 Å². The Balaban J connectivity index is 2.33. The summed E-state index contributed by atoms with van der Waals surface area (Å²) in [6.07, 6.45) is -4.81. The fourth-order valence-electron chi connectivity index (χ4n) is 1.68. The van der Waals surface area contributed by atoms with E-state index in [1.807, 2.05) is 0 Å². The smallest absolute Gasteiger partial charge is 0.464 e. The molecule has 0 unspecified atom stereocenters. The van der Waals surface area contributed by atoms with Gasteiger partial charge in [-0.2, -0.15) is 0 Å². The molecule has 0 saturated heterocycles. The zero-order valence-corrected chi connectivity index (χ0v) is 11.1. The average molecular weight is 315 g/mol. The number of carbonyl (C=O) groups excluding carboxylic acids is 1. The van der Waals surface area contributed by atoms with E-state index in [-0.39, 0.29) is 17.0 Å². The van der Waals surface area contributed by atoms with Crippen LogP contribution in [-0.2, 0) is 4.74 Å². The number of rotatable bonds is 3. The largest absolute Gasteiger partial charge is 0.573 e. The molecule has 0 amide bonds. The second kappa shape index (κ2) is 6.00. The van der Waals surface area contributed by atoms with Crippen LogP contribution < -0.4 is 4.74 Å². The lowest BCUT2D eigenvalue weighted by Crippen LogP contribution is -2.16. The Kier molecular flexibility index (Phi) is 4.30. The number of nitrogens with zero attached hydrogens (tertiary/aromatic N) is 1. The van der Waals surface area contributed by atoms with Gasteiger partial charge < -0.3 is 9.47 Å². The van der Waals surface area contributed by atoms with Gasteiger partial charge in [-0.05, 0) is 36.4 Å². The van der Waals surface area contributed by atoms with Gasteiger partial charge in [0.2, 0.25) is 0 Å². The normalized spacial score (nSPS) is 11.1. The molecule has 0 aliphatic heterocycles. The molecule has 0 aliphatic carbocycles. The zero-order valence-electron chi connectivity index (χ0n) is 11.1. The molecule has 8 heteroatoms. The number of benzene rings is 1. The number of esters is 1. The minimum absolute atomic E-state index is 0.116. The molecule has 1 aromatic heterocycles. The maximum absolute atomic E-state index is 13.8. The van der Waals surface area contributed by atoms with Crippen molar-refractivity contribution < 1.29 is 31.8 Å². The minimum atomic E-state index is -4.81. The molecular formula is C14H9F4NO3. The summed E-state index contributed by atoms with van der Waals surface area (Å²) in [5, 5.41) is 0. The highest BCUT2D eigenvalue weighted by Crippen LogP contribution is 2.27. The summed E-state index contributed by atoms with van der Waals surface area (Å²) in [6.45, 7) is 0. The van der Waals surface area contributed by atoms with Crippen molar-refractivity contribution in [3.63, 3.8) is 0 Å². The maximum Gasteiger partial charge on any atom is 0.573 e. The number of halogens is 4. The molecule has 0 N–H and O–H groups in total. The molecule has 0 atom stereocenters. The number of aromatic nitrogens is 1. The first-order chi connectivity index (χ1) is 10.3. The van der Waals surface area contributed by atoms with Crippen LogP contribution in [0.15, 0.2) is 36.4 Å². The van der Waals surface area contributed by atoms with Crippen molar-refractivity contribution in [3.05, 3.63) is 47.9 Å². The third kappa shape index (κ3) is 3.72. The molecule has 1 aromatic carbocycles. The van der Waals surface area contributed by atoms with E-state index >= 15 is 0 Å². The fraction of sp³-hybridized carbons (Fsp3) is 0.143. The summed E-state index contributed by atoms with van der Waals surface area (Å²) in [7, 11) is 1.15. The van der Waals surface area contributed by atoms with Gasteiger partial charge in [0.1, 0.15) is 23.0 Å². The summed E-state index contributed by atoms with van der Waals surface area (Å²) < 4.78 is 58.1. The van der Waals surface area contributed by atoms with Gasteiger partial charge in [0, 0.05) is 5.56 Å². The predicted octanol–water partition coefficient (Wildman–Crippen LogP) is 3.57. The third-order valence-electron chi connectivity index (χ3n) is 2.60. The third-order valence-corrected chi connectivity index (χ3v) is 2.60. The molecule has 22 heavy (non-hydrogen) atoms. The van der Waals surface area contributed by atoms with Crippen LogP contribution >= 0.6 is 0 Å². The number of alkyl halides is 3. The van der Waals surface area contributed by atoms with Gasteiger partial charge in [0.05, 0.1) is 7.11 Å². The van der Waals surface area contributed by atoms with Crippen LogP contribution in [0.1, 0.15) is 10.5 Å². The van der Waals surface area contributed by atoms with Gasteiger partial charge in [0.25, 0.3) is 0 Å². The molecule has 0 aliphatic rings. The van der Waals surface area contributed by atoms with Crippen LogP contribution in [0.25, 0.3) is 11.3 Å². The molecule has 0 spiro atoms. The summed E-state index contributed by atoms with van der Waals surface area (Å²) in [5.74, 6) is -1.92. The Morgan fingerprint density at radius 1 is 1.09 bits per heavy atom. The number of hydrogen-bond acceptors (Lipinski definition) is 4. The first-order valence-corrected chi connectivity index (χ1v) is 5.91. The standard InChI is InChI=1S/C14H9F4NO3/c1-21-13(20)11-7-6-10(15)12(19-11)8-2-4-9(5-3-8)22-14(16,17)18/h2-7H,1H3. The predicted molar refractivity (Wildman–Crippen MR) is 67.7 cm³/mol. The molecule has 4 nitrogen and oxygen atoms in total. The number of ether oxygens (including phenoxy) is 2. The van der Waals surface area contributed by atoms with Gasteiger partial charge in [-0.1, -0.05) is 0 Å². The van der Waals surface area contributed by atoms with E-state index in [9.17, 15) is 22.4 Å². The molecular weight excluding hydrogens is 306 g/mol. The van der Waals surface area contributed by atoms with Crippen LogP contribution in [0.2, 0.25) is 0 Å². The van der Waals surface area contributed by atoms with Crippen LogP contribution in [0.3, 0.4) is 0 Å². The highest BCUT2D eigenvalue weighted by atomic mass is 19.4. The van der Waals surface area contributed by atoms with Gasteiger partial charge in [-0.3, -0.25) is 0 Å². The molecule has 2 aromatic rings. The number of methoxy groups -OCH3 is 1. The van der Waals surface area contributed by atoms with Gasteiger partial charge >= 0.3 is 12.3 Å². The van der Waals surface area contributed by atoms with E-state index < -0.39 is 23.9 Å². The van der Waals surface area contributed by atoms with Crippen LogP contribution in [-0.4, -0.2) is 24.4 Å². The highest BCUT2D eigenvalue weighted by Gasteiger charge is 2.31. The monoisotopic (exact) mass is 315 g/mol. The summed E-state index contributed by atoms with van der Waals surface area (Å²) >= 11 is 0. The van der Waals surface area contributed by atoms with E-state index in [1.165, 1.54) is 12.1 Å². The Bertz CT molecular complexity index is 683. The van der Waals surface area contributed by atoms with Crippen molar-refractivity contribution in [2.24, 2.45) is 0 Å². The molecule has 0 saturated carbocycles. The van der Waals surface area contributed by atoms with Crippen LogP contribution in [0.5, 0.6) is 5.75 Å². The summed E-state index contributed by atoms with van der Waals surface area (Å²) in [5.41, 5.74) is -0.103. The summed E-state index contributed by atoms with van der Waals surface area (Å²) in [4.78, 5) is 15.2. The van der Waals surface area contributed by atoms with Crippen molar-refractivity contribution in [2.45, 2.75) is 6.36 Å². The lowest BCUT2D eigenvalue weighted by atomic mass is 10.1. The van der Waals surface area contributed by atoms with Crippen molar-refractivity contribution in [1.82, 2.24) is 4.98 Å². The van der Waals surface area contributed by atoms with Gasteiger partial charge in [-0.15, -0.1) is 13.2 Å². The fourth-order valence-corrected chi connectivity index (χ4v) is 1.68. The number of hydrogen-bond donors (Lipinski definition) is 0. The van der Waals surface area contributed by atoms with Gasteiger partial charge in [-0.25, -0.2) is 14.2 Å². The van der Waals surface area contributed by atoms with Crippen molar-refractivity contribution in [3.8, 4) is 17.0 Å². The van der Waals surface area contributed by atoms with E-state index in [2.05, 4.69) is 14.5 Å². The Morgan fingerprint density at radius 3 is 2.27 bits per heavy atom. The van der Waals surface area contributed by atoms with Crippen molar-refractivity contribution in [1.29, 1.82) is 0 Å². The first kappa shape index (κ1) is 15.7. The van der Waals surface area contributed by atoms with E-state index in [1.54, 1.807) is 0 Å². The molecule has 0 fully saturated rings. The van der Waals surface area contributed by atoms with E-state index in [0.717, 1.165) is 31.4 Å². The average Bonchev–Trinajstić information content (AvgIpc) is 2.46. The summed E-state index contributed by atoms with van der Waals surface area (Å²) in [6, 6.07) is 6.62. The molecule has 2 rings (SSSR count). The molecule has 1 heterocycles. The highest BCUT2D eigenvalue weighted by molar-refractivity contribution is 5.87. The lowest BCUT2D eigenvalue weighted by molar-refractivity contribution is -0.274. The zero-order chi connectivity index (χ0) is 16.3. The SMILES string of the molecule is COC(=O)c1ccc(F)c(-c2ccc(OC(F)(F)F)cc2)n1. The second-order valence-electron chi connectivity index (χ2n) is 4.09. The Hall–Kier alpha value is -2.64. The Labute approximate surface area is 122 Å². The van der Waals surface area contributed by atoms with Crippen LogP contribution in [0, 0.1) is 5.82 Å². The quantitative estimate of drug-likeness (QED) is 0.642. The van der Waals surface area contributed by atoms with E-state index in [4.69, 9.17) is 0 Å². The molecule has 0 radical (unpaired) electrons. The van der Waals surface area contributed by atoms with E-state index in [0.29, 0.717) is 0 Å². The first-order valence-electron chi connectivity index (χ1n) is 5.91. The molecule has 0 bridgehead atoms. The molecule has 116 valence electrons. The number of pyridine rings is 1. The lowest BCUT2D eigenvalue weighted by Gasteiger charge is -2.09. The van der Waals surface area contributed by atoms with Crippen LogP contribution in [0.4, 0.5) is 17.6 Å². The Morgan fingerprint density at radius 2 is 1.73 bits per heavy atom. The second-order valence-corrected chi connectivity index (χ2v) is 4.09. The minimum Gasteiger partial charge on any atom is -0.464 e.